The summed E-state index contributed by atoms with van der Waals surface area (Å²) in [6.07, 6.45) is 9.07. The minimum absolute atomic E-state index is 0.0712. The van der Waals surface area contributed by atoms with E-state index in [2.05, 4.69) is 15.3 Å². The van der Waals surface area contributed by atoms with Gasteiger partial charge in [0, 0.05) is 19.5 Å². The number of likely N-dealkylation sites (N-methyl/N-ethyl adjacent to an activating group) is 1. The zero-order valence-corrected chi connectivity index (χ0v) is 15.0. The molecule has 1 aliphatic carbocycles. The van der Waals surface area contributed by atoms with Crippen molar-refractivity contribution in [1.29, 1.82) is 0 Å². The predicted molar refractivity (Wildman–Crippen MR) is 104 cm³/mol. The van der Waals surface area contributed by atoms with E-state index in [1.807, 2.05) is 48.7 Å². The van der Waals surface area contributed by atoms with Crippen LogP contribution in [-0.4, -0.2) is 41.9 Å². The van der Waals surface area contributed by atoms with Gasteiger partial charge < -0.3 is 15.0 Å². The number of nitrogens with zero attached hydrogens (tertiary/aromatic N) is 3. The van der Waals surface area contributed by atoms with Crippen molar-refractivity contribution < 1.29 is 14.3 Å². The second-order valence-electron chi connectivity index (χ2n) is 6.77. The highest BCUT2D eigenvalue weighted by atomic mass is 16.5. The number of benzene rings is 1. The average molecular weight is 372 g/mol. The van der Waals surface area contributed by atoms with Crippen LogP contribution in [0.4, 0.5) is 4.79 Å². The lowest BCUT2D eigenvalue weighted by Crippen LogP contribution is -2.39. The normalized spacial score (nSPS) is 25.2. The smallest absolute Gasteiger partial charge is 0.346 e. The summed E-state index contributed by atoms with van der Waals surface area (Å²) in [5, 5.41) is 2.78. The van der Waals surface area contributed by atoms with Gasteiger partial charge in [0.15, 0.2) is 6.04 Å². The Bertz CT molecular complexity index is 1080. The molecule has 0 saturated carbocycles. The van der Waals surface area contributed by atoms with Crippen LogP contribution in [0.2, 0.25) is 0 Å². The van der Waals surface area contributed by atoms with E-state index in [1.54, 1.807) is 24.2 Å². The first-order valence-electron chi connectivity index (χ1n) is 8.89. The number of carbonyl (C=O) groups is 2. The Morgan fingerprint density at radius 3 is 2.79 bits per heavy atom. The second kappa shape index (κ2) is 6.16. The van der Waals surface area contributed by atoms with Gasteiger partial charge >= 0.3 is 6.03 Å². The van der Waals surface area contributed by atoms with Gasteiger partial charge in [-0.25, -0.2) is 4.79 Å². The number of rotatable bonds is 3. The molecule has 0 radical (unpaired) electrons. The SMILES string of the molecule is CN1C=C(C2C=CC3=NC(=O)NC3=C2Oc2ccccc2)C2=CC=NC2C1=O. The first kappa shape index (κ1) is 16.4. The fraction of sp³-hybridized carbons (Fsp3) is 0.143. The number of allylic oxidation sites excluding steroid dienone is 3. The predicted octanol–water partition coefficient (Wildman–Crippen LogP) is 2.36. The van der Waals surface area contributed by atoms with Crippen molar-refractivity contribution in [1.82, 2.24) is 10.2 Å². The van der Waals surface area contributed by atoms with Gasteiger partial charge in [-0.3, -0.25) is 9.79 Å². The minimum atomic E-state index is -0.533. The molecule has 4 aliphatic rings. The topological polar surface area (TPSA) is 83.4 Å². The van der Waals surface area contributed by atoms with E-state index >= 15 is 0 Å². The van der Waals surface area contributed by atoms with Gasteiger partial charge in [0.05, 0.1) is 11.6 Å². The van der Waals surface area contributed by atoms with Crippen LogP contribution in [0, 0.1) is 5.92 Å². The molecule has 3 heterocycles. The molecular formula is C21H16N4O3. The fourth-order valence-corrected chi connectivity index (χ4v) is 3.71. The molecule has 2 atom stereocenters. The lowest BCUT2D eigenvalue weighted by atomic mass is 9.82. The maximum atomic E-state index is 12.4. The number of carbonyl (C=O) groups excluding carboxylic acids is 2. The molecule has 5 rings (SSSR count). The van der Waals surface area contributed by atoms with Gasteiger partial charge in [-0.2, -0.15) is 4.99 Å². The minimum Gasteiger partial charge on any atom is -0.458 e. The van der Waals surface area contributed by atoms with E-state index in [0.29, 0.717) is 22.9 Å². The molecule has 2 unspecified atom stereocenters. The van der Waals surface area contributed by atoms with E-state index in [1.165, 1.54) is 0 Å². The summed E-state index contributed by atoms with van der Waals surface area (Å²) >= 11 is 0. The molecule has 1 aromatic rings. The Morgan fingerprint density at radius 1 is 1.14 bits per heavy atom. The van der Waals surface area contributed by atoms with Crippen LogP contribution in [0.1, 0.15) is 0 Å². The summed E-state index contributed by atoms with van der Waals surface area (Å²) in [5.41, 5.74) is 2.84. The van der Waals surface area contributed by atoms with E-state index in [4.69, 9.17) is 4.74 Å². The number of hydrogen-bond donors (Lipinski definition) is 1. The molecule has 0 spiro atoms. The standard InChI is InChI=1S/C21H16N4O3/c1-25-11-15(13-9-10-22-17(13)20(25)26)14-7-8-16-18(24-21(27)23-16)19(14)28-12-5-3-2-4-6-12/h2-11,14,17H,1H3,(H,24,27). The third-order valence-corrected chi connectivity index (χ3v) is 5.02. The number of urea groups is 1. The Kier molecular flexibility index (Phi) is 3.61. The molecular weight excluding hydrogens is 356 g/mol. The molecule has 3 aliphatic heterocycles. The van der Waals surface area contributed by atoms with Crippen LogP contribution >= 0.6 is 0 Å². The van der Waals surface area contributed by atoms with Crippen molar-refractivity contribution in [3.63, 3.8) is 0 Å². The Balaban J connectivity index is 1.61. The quantitative estimate of drug-likeness (QED) is 0.884. The molecule has 28 heavy (non-hydrogen) atoms. The summed E-state index contributed by atoms with van der Waals surface area (Å²) in [6, 6.07) is 8.41. The van der Waals surface area contributed by atoms with Crippen molar-refractivity contribution in [2.45, 2.75) is 6.04 Å². The van der Waals surface area contributed by atoms with Gasteiger partial charge in [-0.05, 0) is 35.4 Å². The summed E-state index contributed by atoms with van der Waals surface area (Å²) in [6.45, 7) is 0. The van der Waals surface area contributed by atoms with Crippen LogP contribution in [0.25, 0.3) is 0 Å². The van der Waals surface area contributed by atoms with Gasteiger partial charge in [0.25, 0.3) is 5.91 Å². The van der Waals surface area contributed by atoms with Crippen molar-refractivity contribution in [3.8, 4) is 5.75 Å². The van der Waals surface area contributed by atoms with Gasteiger partial charge in [-0.1, -0.05) is 24.3 Å². The summed E-state index contributed by atoms with van der Waals surface area (Å²) in [4.78, 5) is 34.1. The molecule has 0 fully saturated rings. The molecule has 0 saturated heterocycles. The van der Waals surface area contributed by atoms with Crippen molar-refractivity contribution in [2.24, 2.45) is 15.9 Å². The summed E-state index contributed by atoms with van der Waals surface area (Å²) in [7, 11) is 1.72. The first-order valence-corrected chi connectivity index (χ1v) is 8.89. The van der Waals surface area contributed by atoms with Gasteiger partial charge in [0.2, 0.25) is 0 Å². The maximum absolute atomic E-state index is 12.4. The molecule has 1 N–H and O–H groups in total. The third-order valence-electron chi connectivity index (χ3n) is 5.02. The number of hydrogen-bond acceptors (Lipinski definition) is 4. The van der Waals surface area contributed by atoms with Crippen molar-refractivity contribution >= 4 is 23.9 Å². The average Bonchev–Trinajstić information content (AvgIpc) is 3.32. The van der Waals surface area contributed by atoms with Crippen LogP contribution in [0.3, 0.4) is 0 Å². The molecule has 0 aromatic heterocycles. The van der Waals surface area contributed by atoms with E-state index in [-0.39, 0.29) is 11.8 Å². The first-order chi connectivity index (χ1) is 13.6. The Morgan fingerprint density at radius 2 is 1.96 bits per heavy atom. The van der Waals surface area contributed by atoms with Crippen LogP contribution in [0.5, 0.6) is 5.75 Å². The van der Waals surface area contributed by atoms with Crippen molar-refractivity contribution in [3.05, 3.63) is 77.4 Å². The largest absolute Gasteiger partial charge is 0.458 e. The van der Waals surface area contributed by atoms with E-state index in [9.17, 15) is 9.59 Å². The molecule has 3 amide bonds. The lowest BCUT2D eigenvalue weighted by Gasteiger charge is -2.32. The molecule has 7 nitrogen and oxygen atoms in total. The van der Waals surface area contributed by atoms with Crippen LogP contribution in [0.15, 0.2) is 87.3 Å². The highest BCUT2D eigenvalue weighted by Gasteiger charge is 2.40. The van der Waals surface area contributed by atoms with Gasteiger partial charge in [0.1, 0.15) is 17.2 Å². The number of aliphatic imine (C=N–C) groups is 2. The number of nitrogens with one attached hydrogen (secondary N) is 1. The lowest BCUT2D eigenvalue weighted by molar-refractivity contribution is -0.128. The number of amides is 3. The third kappa shape index (κ3) is 2.51. The van der Waals surface area contributed by atoms with Crippen molar-refractivity contribution in [2.75, 3.05) is 7.05 Å². The second-order valence-corrected chi connectivity index (χ2v) is 6.77. The van der Waals surface area contributed by atoms with Crippen LogP contribution in [-0.2, 0) is 4.79 Å². The molecule has 7 heteroatoms. The fourth-order valence-electron chi connectivity index (χ4n) is 3.71. The summed E-state index contributed by atoms with van der Waals surface area (Å²) in [5.74, 6) is 0.857. The zero-order chi connectivity index (χ0) is 19.3. The highest BCUT2D eigenvalue weighted by molar-refractivity contribution is 6.19. The Hall–Kier alpha value is -3.74. The molecule has 138 valence electrons. The van der Waals surface area contributed by atoms with Crippen LogP contribution < -0.4 is 10.1 Å². The summed E-state index contributed by atoms with van der Waals surface area (Å²) < 4.78 is 6.21. The van der Waals surface area contributed by atoms with Gasteiger partial charge in [-0.15, -0.1) is 0 Å². The Labute approximate surface area is 161 Å². The molecule has 1 aromatic carbocycles. The van der Waals surface area contributed by atoms with E-state index < -0.39 is 12.1 Å². The number of fused-ring (bicyclic) bond motifs is 2. The zero-order valence-electron chi connectivity index (χ0n) is 15.0. The molecule has 0 bridgehead atoms. The number of ether oxygens (including phenoxy) is 1. The van der Waals surface area contributed by atoms with E-state index in [0.717, 1.165) is 11.1 Å². The number of para-hydroxylation sites is 1. The maximum Gasteiger partial charge on any atom is 0.346 e. The monoisotopic (exact) mass is 372 g/mol. The highest BCUT2D eigenvalue weighted by Crippen LogP contribution is 2.39.